The standard InChI is InChI=1S/C20H22N6O.C5H12O/c1-3-13-8-14-10-17(20-23-12(2)25-27-20)19(24-18(14)15(9-13)11-21)26-6-4-16(22)5-7-26;1-3-4-5-6-2/h8-10,16H,3-7,22H2,1-2H3;3-5H2,1-2H3. The largest absolute Gasteiger partial charge is 0.385 e. The van der Waals surface area contributed by atoms with Crippen molar-refractivity contribution >= 4 is 16.7 Å². The van der Waals surface area contributed by atoms with Crippen LogP contribution in [-0.4, -0.2) is 48.0 Å². The number of nitrogens with zero attached hydrogens (tertiary/aromatic N) is 5. The molecule has 0 radical (unpaired) electrons. The fraction of sp³-hybridized carbons (Fsp3) is 0.520. The Morgan fingerprint density at radius 2 is 1.97 bits per heavy atom. The van der Waals surface area contributed by atoms with Gasteiger partial charge in [-0.3, -0.25) is 0 Å². The highest BCUT2D eigenvalue weighted by Gasteiger charge is 2.24. The Bertz CT molecular complexity index is 1090. The van der Waals surface area contributed by atoms with Gasteiger partial charge in [-0.15, -0.1) is 0 Å². The molecule has 176 valence electrons. The van der Waals surface area contributed by atoms with E-state index in [0.717, 1.165) is 61.3 Å². The smallest absolute Gasteiger partial charge is 0.261 e. The first-order valence-electron chi connectivity index (χ1n) is 11.7. The topological polar surface area (TPSA) is 114 Å². The van der Waals surface area contributed by atoms with Gasteiger partial charge in [0.15, 0.2) is 5.82 Å². The van der Waals surface area contributed by atoms with E-state index in [0.29, 0.717) is 22.8 Å². The van der Waals surface area contributed by atoms with Crippen molar-refractivity contribution in [1.29, 1.82) is 5.26 Å². The summed E-state index contributed by atoms with van der Waals surface area (Å²) in [6.07, 6.45) is 5.08. The molecule has 1 saturated heterocycles. The summed E-state index contributed by atoms with van der Waals surface area (Å²) >= 11 is 0. The first-order valence-corrected chi connectivity index (χ1v) is 11.7. The number of fused-ring (bicyclic) bond motifs is 1. The molecule has 0 spiro atoms. The Morgan fingerprint density at radius 1 is 1.21 bits per heavy atom. The van der Waals surface area contributed by atoms with E-state index in [4.69, 9.17) is 20.0 Å². The third-order valence-corrected chi connectivity index (χ3v) is 5.79. The Hall–Kier alpha value is -3.02. The number of ether oxygens (including phenoxy) is 1. The molecule has 1 aliphatic rings. The highest BCUT2D eigenvalue weighted by molar-refractivity contribution is 5.91. The summed E-state index contributed by atoms with van der Waals surface area (Å²) in [4.78, 5) is 11.5. The maximum Gasteiger partial charge on any atom is 0.261 e. The van der Waals surface area contributed by atoms with Crippen molar-refractivity contribution in [1.82, 2.24) is 15.1 Å². The van der Waals surface area contributed by atoms with Crippen molar-refractivity contribution in [3.63, 3.8) is 0 Å². The van der Waals surface area contributed by atoms with Crippen LogP contribution in [0, 0.1) is 18.3 Å². The maximum atomic E-state index is 9.62. The van der Waals surface area contributed by atoms with Gasteiger partial charge in [-0.1, -0.05) is 25.4 Å². The molecule has 1 aliphatic heterocycles. The van der Waals surface area contributed by atoms with Crippen LogP contribution >= 0.6 is 0 Å². The van der Waals surface area contributed by atoms with E-state index in [9.17, 15) is 5.26 Å². The van der Waals surface area contributed by atoms with Crippen LogP contribution in [0.3, 0.4) is 0 Å². The monoisotopic (exact) mass is 450 g/mol. The molecule has 2 aromatic heterocycles. The van der Waals surface area contributed by atoms with E-state index in [-0.39, 0.29) is 6.04 Å². The molecule has 8 heteroatoms. The van der Waals surface area contributed by atoms with Crippen molar-refractivity contribution < 1.29 is 9.26 Å². The summed E-state index contributed by atoms with van der Waals surface area (Å²) in [6.45, 7) is 8.56. The normalized spacial score (nSPS) is 14.1. The number of rotatable bonds is 6. The van der Waals surface area contributed by atoms with E-state index >= 15 is 0 Å². The van der Waals surface area contributed by atoms with Gasteiger partial charge in [0.1, 0.15) is 11.9 Å². The first-order chi connectivity index (χ1) is 16.0. The summed E-state index contributed by atoms with van der Waals surface area (Å²) in [6, 6.07) is 8.52. The fourth-order valence-electron chi connectivity index (χ4n) is 3.83. The number of anilines is 1. The Balaban J connectivity index is 0.000000454. The maximum absolute atomic E-state index is 9.62. The Kier molecular flexibility index (Phi) is 8.75. The van der Waals surface area contributed by atoms with Crippen LogP contribution in [0.4, 0.5) is 5.82 Å². The molecule has 0 saturated carbocycles. The summed E-state index contributed by atoms with van der Waals surface area (Å²) in [7, 11) is 1.73. The number of nitrogens with two attached hydrogens (primary N) is 1. The molecule has 0 aliphatic carbocycles. The number of hydrogen-bond donors (Lipinski definition) is 1. The molecule has 3 heterocycles. The predicted octanol–water partition coefficient (Wildman–Crippen LogP) is 4.39. The van der Waals surface area contributed by atoms with Gasteiger partial charge in [0, 0.05) is 38.2 Å². The molecule has 0 atom stereocenters. The van der Waals surface area contributed by atoms with Crippen LogP contribution in [0.15, 0.2) is 22.7 Å². The lowest BCUT2D eigenvalue weighted by Gasteiger charge is -2.32. The van der Waals surface area contributed by atoms with Crippen LogP contribution in [0.2, 0.25) is 0 Å². The minimum atomic E-state index is 0.220. The summed E-state index contributed by atoms with van der Waals surface area (Å²) in [5.74, 6) is 1.81. The molecule has 3 aromatic rings. The third-order valence-electron chi connectivity index (χ3n) is 5.79. The quantitative estimate of drug-likeness (QED) is 0.550. The number of aryl methyl sites for hydroxylation is 2. The zero-order valence-corrected chi connectivity index (χ0v) is 20.1. The van der Waals surface area contributed by atoms with E-state index < -0.39 is 0 Å². The highest BCUT2D eigenvalue weighted by Crippen LogP contribution is 2.34. The molecule has 1 aromatic carbocycles. The Labute approximate surface area is 195 Å². The molecule has 4 rings (SSSR count). The molecule has 8 nitrogen and oxygen atoms in total. The van der Waals surface area contributed by atoms with Crippen LogP contribution in [0.5, 0.6) is 0 Å². The molecule has 33 heavy (non-hydrogen) atoms. The highest BCUT2D eigenvalue weighted by atomic mass is 16.5. The summed E-state index contributed by atoms with van der Waals surface area (Å²) in [5, 5.41) is 14.5. The zero-order valence-electron chi connectivity index (χ0n) is 20.1. The number of piperidine rings is 1. The molecule has 2 N–H and O–H groups in total. The summed E-state index contributed by atoms with van der Waals surface area (Å²) in [5.41, 5.74) is 9.27. The second kappa shape index (κ2) is 11.7. The lowest BCUT2D eigenvalue weighted by atomic mass is 10.0. The van der Waals surface area contributed by atoms with Gasteiger partial charge in [0.05, 0.1) is 16.6 Å². The zero-order chi connectivity index (χ0) is 23.8. The van der Waals surface area contributed by atoms with Crippen molar-refractivity contribution in [3.05, 3.63) is 35.2 Å². The van der Waals surface area contributed by atoms with Gasteiger partial charge >= 0.3 is 0 Å². The van der Waals surface area contributed by atoms with Gasteiger partial charge < -0.3 is 19.9 Å². The average molecular weight is 451 g/mol. The third kappa shape index (κ3) is 6.06. The van der Waals surface area contributed by atoms with Gasteiger partial charge in [-0.05, 0) is 56.4 Å². The van der Waals surface area contributed by atoms with Crippen molar-refractivity contribution in [2.45, 2.75) is 58.9 Å². The number of methoxy groups -OCH3 is 1. The minimum absolute atomic E-state index is 0.220. The number of benzene rings is 1. The van der Waals surface area contributed by atoms with E-state index in [2.05, 4.69) is 41.0 Å². The number of pyridine rings is 1. The van der Waals surface area contributed by atoms with E-state index in [1.165, 1.54) is 12.8 Å². The van der Waals surface area contributed by atoms with Gasteiger partial charge in [-0.2, -0.15) is 10.2 Å². The SMILES string of the molecule is CCCCOC.CCc1cc(C#N)c2nc(N3CCC(N)CC3)c(-c3nc(C)no3)cc2c1. The second-order valence-corrected chi connectivity index (χ2v) is 8.36. The van der Waals surface area contributed by atoms with E-state index in [1.807, 2.05) is 12.1 Å². The van der Waals surface area contributed by atoms with Crippen LogP contribution in [0.25, 0.3) is 22.4 Å². The van der Waals surface area contributed by atoms with Crippen molar-refractivity contribution in [2.75, 3.05) is 31.7 Å². The second-order valence-electron chi connectivity index (χ2n) is 8.36. The van der Waals surface area contributed by atoms with Gasteiger partial charge in [-0.25, -0.2) is 4.98 Å². The van der Waals surface area contributed by atoms with Gasteiger partial charge in [0.2, 0.25) is 0 Å². The van der Waals surface area contributed by atoms with Crippen molar-refractivity contribution in [2.24, 2.45) is 5.73 Å². The predicted molar refractivity (Wildman–Crippen MR) is 130 cm³/mol. The summed E-state index contributed by atoms with van der Waals surface area (Å²) < 4.78 is 10.2. The van der Waals surface area contributed by atoms with Crippen LogP contribution in [-0.2, 0) is 11.2 Å². The average Bonchev–Trinajstić information content (AvgIpc) is 3.28. The molecule has 0 amide bonds. The number of unbranched alkanes of at least 4 members (excludes halogenated alkanes) is 1. The number of nitriles is 1. The Morgan fingerprint density at radius 3 is 2.52 bits per heavy atom. The molecule has 1 fully saturated rings. The molecule has 0 unspecified atom stereocenters. The number of aromatic nitrogens is 3. The molecular weight excluding hydrogens is 416 g/mol. The minimum Gasteiger partial charge on any atom is -0.385 e. The first kappa shape index (κ1) is 24.6. The molecular formula is C25H34N6O2. The van der Waals surface area contributed by atoms with E-state index in [1.54, 1.807) is 14.0 Å². The van der Waals surface area contributed by atoms with Crippen molar-refractivity contribution in [3.8, 4) is 17.5 Å². The van der Waals surface area contributed by atoms with Gasteiger partial charge in [0.25, 0.3) is 5.89 Å². The lowest BCUT2D eigenvalue weighted by molar-refractivity contribution is 0.194. The van der Waals surface area contributed by atoms with Crippen LogP contribution < -0.4 is 10.6 Å². The fourth-order valence-corrected chi connectivity index (χ4v) is 3.83. The lowest BCUT2D eigenvalue weighted by Crippen LogP contribution is -2.40. The van der Waals surface area contributed by atoms with Crippen LogP contribution in [0.1, 0.15) is 56.5 Å². The molecule has 0 bridgehead atoms. The number of hydrogen-bond acceptors (Lipinski definition) is 8.